The van der Waals surface area contributed by atoms with E-state index in [4.69, 9.17) is 9.47 Å². The van der Waals surface area contributed by atoms with E-state index in [9.17, 15) is 22.4 Å². The highest BCUT2D eigenvalue weighted by Gasteiger charge is 2.33. The molecule has 0 fully saturated rings. The van der Waals surface area contributed by atoms with E-state index < -0.39 is 34.3 Å². The van der Waals surface area contributed by atoms with Gasteiger partial charge in [-0.3, -0.25) is 13.9 Å². The van der Waals surface area contributed by atoms with Crippen molar-refractivity contribution in [3.05, 3.63) is 84.2 Å². The summed E-state index contributed by atoms with van der Waals surface area (Å²) in [6, 6.07) is 17.7. The number of rotatable bonds is 11. The normalized spacial score (nSPS) is 13.3. The van der Waals surface area contributed by atoms with Crippen LogP contribution in [0.5, 0.6) is 11.5 Å². The number of carbonyl (C=O) groups excluding carboxylic acids is 2. The Morgan fingerprint density at radius 2 is 1.65 bits per heavy atom. The van der Waals surface area contributed by atoms with E-state index in [0.29, 0.717) is 25.2 Å². The average Bonchev–Trinajstić information content (AvgIpc) is 2.98. The van der Waals surface area contributed by atoms with E-state index in [-0.39, 0.29) is 35.4 Å². The number of hydrogen-bond acceptors (Lipinski definition) is 6. The molecule has 1 heterocycles. The number of nitrogens with one attached hydrogen (secondary N) is 1. The number of amides is 2. The van der Waals surface area contributed by atoms with Crippen LogP contribution in [0.15, 0.2) is 77.7 Å². The molecule has 1 N–H and O–H groups in total. The van der Waals surface area contributed by atoms with Gasteiger partial charge in [-0.2, -0.15) is 0 Å². The van der Waals surface area contributed by atoms with Gasteiger partial charge in [0.05, 0.1) is 10.6 Å². The van der Waals surface area contributed by atoms with Gasteiger partial charge in [0.2, 0.25) is 11.8 Å². The molecule has 0 spiro atoms. The zero-order valence-corrected chi connectivity index (χ0v) is 23.2. The smallest absolute Gasteiger partial charge is 0.264 e. The number of nitrogens with zero attached hydrogens (tertiary/aromatic N) is 2. The Hall–Kier alpha value is -4.12. The van der Waals surface area contributed by atoms with Crippen molar-refractivity contribution in [2.45, 2.75) is 30.7 Å². The summed E-state index contributed by atoms with van der Waals surface area (Å²) in [6.45, 7) is 1.98. The molecule has 11 heteroatoms. The van der Waals surface area contributed by atoms with Gasteiger partial charge < -0.3 is 19.7 Å². The molecule has 1 atom stereocenters. The summed E-state index contributed by atoms with van der Waals surface area (Å²) >= 11 is 0. The van der Waals surface area contributed by atoms with Crippen LogP contribution in [0.1, 0.15) is 18.9 Å². The fourth-order valence-corrected chi connectivity index (χ4v) is 5.94. The Morgan fingerprint density at radius 1 is 0.975 bits per heavy atom. The molecule has 40 heavy (non-hydrogen) atoms. The summed E-state index contributed by atoms with van der Waals surface area (Å²) in [6.07, 6.45) is 0.789. The van der Waals surface area contributed by atoms with Crippen LogP contribution in [0, 0.1) is 5.82 Å². The van der Waals surface area contributed by atoms with Gasteiger partial charge in [-0.1, -0.05) is 37.3 Å². The minimum atomic E-state index is -4.33. The molecule has 0 aromatic heterocycles. The molecule has 4 rings (SSSR count). The van der Waals surface area contributed by atoms with Crippen molar-refractivity contribution in [2.24, 2.45) is 0 Å². The first-order chi connectivity index (χ1) is 19.2. The SMILES string of the molecule is CC[C@H](C(=O)NC)N(CCc1ccccc1)C(=O)CN(c1ccc(F)cc1)S(=O)(=O)c1ccc2c(c1)OCCO2. The summed E-state index contributed by atoms with van der Waals surface area (Å²) in [7, 11) is -2.84. The Bertz CT molecular complexity index is 1430. The van der Waals surface area contributed by atoms with Crippen LogP contribution >= 0.6 is 0 Å². The van der Waals surface area contributed by atoms with Gasteiger partial charge >= 0.3 is 0 Å². The van der Waals surface area contributed by atoms with E-state index in [0.717, 1.165) is 22.0 Å². The van der Waals surface area contributed by atoms with Crippen LogP contribution < -0.4 is 19.1 Å². The van der Waals surface area contributed by atoms with E-state index in [1.54, 1.807) is 6.92 Å². The quantitative estimate of drug-likeness (QED) is 0.380. The highest BCUT2D eigenvalue weighted by atomic mass is 32.2. The molecule has 1 aliphatic heterocycles. The van der Waals surface area contributed by atoms with Crippen LogP contribution in [-0.4, -0.2) is 64.5 Å². The molecule has 9 nitrogen and oxygen atoms in total. The molecular formula is C29H32FN3O6S. The van der Waals surface area contributed by atoms with Crippen LogP contribution in [-0.2, 0) is 26.0 Å². The number of sulfonamides is 1. The number of hydrogen-bond donors (Lipinski definition) is 1. The molecule has 3 aromatic carbocycles. The number of halogens is 1. The number of likely N-dealkylation sites (N-methyl/N-ethyl adjacent to an activating group) is 1. The van der Waals surface area contributed by atoms with Gasteiger partial charge in [-0.15, -0.1) is 0 Å². The minimum absolute atomic E-state index is 0.0978. The molecule has 212 valence electrons. The van der Waals surface area contributed by atoms with E-state index >= 15 is 0 Å². The lowest BCUT2D eigenvalue weighted by Gasteiger charge is -2.33. The lowest BCUT2D eigenvalue weighted by molar-refractivity contribution is -0.139. The fraction of sp³-hybridized carbons (Fsp3) is 0.310. The van der Waals surface area contributed by atoms with Crippen molar-refractivity contribution in [3.63, 3.8) is 0 Å². The minimum Gasteiger partial charge on any atom is -0.486 e. The second-order valence-electron chi connectivity index (χ2n) is 9.15. The van der Waals surface area contributed by atoms with Gasteiger partial charge in [0, 0.05) is 19.7 Å². The molecule has 0 saturated heterocycles. The highest BCUT2D eigenvalue weighted by molar-refractivity contribution is 7.92. The lowest BCUT2D eigenvalue weighted by atomic mass is 10.1. The maximum absolute atomic E-state index is 14.0. The maximum atomic E-state index is 14.0. The monoisotopic (exact) mass is 569 g/mol. The van der Waals surface area contributed by atoms with Gasteiger partial charge in [0.15, 0.2) is 11.5 Å². The predicted molar refractivity (Wildman–Crippen MR) is 148 cm³/mol. The van der Waals surface area contributed by atoms with Gasteiger partial charge in [-0.05, 0) is 54.8 Å². The van der Waals surface area contributed by atoms with Crippen LogP contribution in [0.25, 0.3) is 0 Å². The van der Waals surface area contributed by atoms with Crippen molar-refractivity contribution < 1.29 is 31.9 Å². The summed E-state index contributed by atoms with van der Waals surface area (Å²) in [5.41, 5.74) is 1.06. The average molecular weight is 570 g/mol. The summed E-state index contributed by atoms with van der Waals surface area (Å²) in [4.78, 5) is 27.9. The molecule has 0 unspecified atom stereocenters. The largest absolute Gasteiger partial charge is 0.486 e. The predicted octanol–water partition coefficient (Wildman–Crippen LogP) is 3.39. The molecular weight excluding hydrogens is 537 g/mol. The van der Waals surface area contributed by atoms with Crippen LogP contribution in [0.3, 0.4) is 0 Å². The highest BCUT2D eigenvalue weighted by Crippen LogP contribution is 2.34. The topological polar surface area (TPSA) is 105 Å². The summed E-state index contributed by atoms with van der Waals surface area (Å²) in [5, 5.41) is 2.59. The van der Waals surface area contributed by atoms with Crippen molar-refractivity contribution in [1.82, 2.24) is 10.2 Å². The first-order valence-electron chi connectivity index (χ1n) is 13.0. The second kappa shape index (κ2) is 12.8. The zero-order valence-electron chi connectivity index (χ0n) is 22.4. The van der Waals surface area contributed by atoms with Crippen molar-refractivity contribution in [1.29, 1.82) is 0 Å². The molecule has 3 aromatic rings. The van der Waals surface area contributed by atoms with Gasteiger partial charge in [-0.25, -0.2) is 12.8 Å². The standard InChI is InChI=1S/C29H32FN3O6S/c1-3-25(29(35)31-2)32(16-15-21-7-5-4-6-8-21)28(34)20-33(23-11-9-22(30)10-12-23)40(36,37)24-13-14-26-27(19-24)39-18-17-38-26/h4-14,19,25H,3,15-18,20H2,1-2H3,(H,31,35)/t25-/m1/s1. The summed E-state index contributed by atoms with van der Waals surface area (Å²) < 4.78 is 53.7. The van der Waals surface area contributed by atoms with Crippen molar-refractivity contribution in [3.8, 4) is 11.5 Å². The number of anilines is 1. The van der Waals surface area contributed by atoms with Crippen molar-refractivity contribution >= 4 is 27.5 Å². The first-order valence-corrected chi connectivity index (χ1v) is 14.4. The van der Waals surface area contributed by atoms with Crippen LogP contribution in [0.4, 0.5) is 10.1 Å². The molecule has 0 aliphatic carbocycles. The van der Waals surface area contributed by atoms with E-state index in [1.807, 2.05) is 30.3 Å². The Balaban J connectivity index is 1.70. The fourth-order valence-electron chi connectivity index (χ4n) is 4.51. The van der Waals surface area contributed by atoms with Crippen LogP contribution in [0.2, 0.25) is 0 Å². The number of benzene rings is 3. The third-order valence-electron chi connectivity index (χ3n) is 6.61. The number of ether oxygens (including phenoxy) is 2. The summed E-state index contributed by atoms with van der Waals surface area (Å²) in [5.74, 6) is -0.795. The Morgan fingerprint density at radius 3 is 2.30 bits per heavy atom. The number of carbonyl (C=O) groups is 2. The van der Waals surface area contributed by atoms with E-state index in [1.165, 1.54) is 42.3 Å². The third-order valence-corrected chi connectivity index (χ3v) is 8.38. The van der Waals surface area contributed by atoms with Gasteiger partial charge in [0.25, 0.3) is 10.0 Å². The Kier molecular flexibility index (Phi) is 9.26. The molecule has 1 aliphatic rings. The lowest BCUT2D eigenvalue weighted by Crippen LogP contribution is -2.52. The molecule has 0 radical (unpaired) electrons. The van der Waals surface area contributed by atoms with Gasteiger partial charge in [0.1, 0.15) is 31.6 Å². The van der Waals surface area contributed by atoms with E-state index in [2.05, 4.69) is 5.32 Å². The zero-order chi connectivity index (χ0) is 28.7. The van der Waals surface area contributed by atoms with Crippen molar-refractivity contribution in [2.75, 3.05) is 37.7 Å². The molecule has 0 saturated carbocycles. The maximum Gasteiger partial charge on any atom is 0.264 e. The molecule has 2 amide bonds. The third kappa shape index (κ3) is 6.53. The second-order valence-corrected chi connectivity index (χ2v) is 11.0. The first kappa shape index (κ1) is 28.9. The number of fused-ring (bicyclic) bond motifs is 1. The molecule has 0 bridgehead atoms. The Labute approximate surface area is 233 Å².